The maximum atomic E-state index is 6.28. The van der Waals surface area contributed by atoms with Gasteiger partial charge in [0.1, 0.15) is 0 Å². The summed E-state index contributed by atoms with van der Waals surface area (Å²) in [5, 5.41) is 0. The van der Waals surface area contributed by atoms with E-state index in [9.17, 15) is 0 Å². The zero-order valence-corrected chi connectivity index (χ0v) is 10.4. The van der Waals surface area contributed by atoms with Crippen molar-refractivity contribution in [1.82, 2.24) is 0 Å². The number of nitrogens with two attached hydrogens (primary N) is 1. The van der Waals surface area contributed by atoms with Crippen molar-refractivity contribution in [2.45, 2.75) is 46.6 Å². The molecule has 0 amide bonds. The number of rotatable bonds is 4. The molecule has 1 unspecified atom stereocenters. The molecule has 0 aliphatic carbocycles. The summed E-state index contributed by atoms with van der Waals surface area (Å²) < 4.78 is 0. The molecule has 0 aromatic heterocycles. The van der Waals surface area contributed by atoms with Crippen molar-refractivity contribution in [3.63, 3.8) is 0 Å². The monoisotopic (exact) mass is 205 g/mol. The smallest absolute Gasteiger partial charge is 0.0323 e. The van der Waals surface area contributed by atoms with Crippen molar-refractivity contribution >= 4 is 0 Å². The van der Waals surface area contributed by atoms with Crippen LogP contribution in [-0.2, 0) is 0 Å². The van der Waals surface area contributed by atoms with Crippen LogP contribution in [0.1, 0.15) is 49.4 Å². The number of aryl methyl sites for hydroxylation is 2. The van der Waals surface area contributed by atoms with E-state index < -0.39 is 0 Å². The normalized spacial score (nSPS) is 13.2. The van der Waals surface area contributed by atoms with Crippen LogP contribution in [0.2, 0.25) is 0 Å². The highest BCUT2D eigenvalue weighted by Gasteiger charge is 2.15. The molecule has 0 bridgehead atoms. The fourth-order valence-electron chi connectivity index (χ4n) is 2.04. The molecule has 0 fully saturated rings. The lowest BCUT2D eigenvalue weighted by molar-refractivity contribution is 0.405. The van der Waals surface area contributed by atoms with Gasteiger partial charge in [0.25, 0.3) is 0 Å². The summed E-state index contributed by atoms with van der Waals surface area (Å²) in [6.07, 6.45) is 2.31. The van der Waals surface area contributed by atoms with E-state index in [0.29, 0.717) is 5.92 Å². The Kier molecular flexibility index (Phi) is 4.34. The Hall–Kier alpha value is -0.820. The molecule has 0 saturated carbocycles. The van der Waals surface area contributed by atoms with Gasteiger partial charge in [-0.25, -0.2) is 0 Å². The van der Waals surface area contributed by atoms with Crippen LogP contribution in [-0.4, -0.2) is 0 Å². The third-order valence-corrected chi connectivity index (χ3v) is 3.47. The molecular formula is C14H23N. The van der Waals surface area contributed by atoms with Gasteiger partial charge in [0, 0.05) is 6.04 Å². The van der Waals surface area contributed by atoms with Crippen LogP contribution in [0.3, 0.4) is 0 Å². The minimum Gasteiger partial charge on any atom is -0.324 e. The van der Waals surface area contributed by atoms with E-state index >= 15 is 0 Å². The first-order valence-electron chi connectivity index (χ1n) is 5.92. The Balaban J connectivity index is 2.90. The topological polar surface area (TPSA) is 26.0 Å². The largest absolute Gasteiger partial charge is 0.324 e. The summed E-state index contributed by atoms with van der Waals surface area (Å²) in [5.74, 6) is 0.604. The number of hydrogen-bond donors (Lipinski definition) is 1. The van der Waals surface area contributed by atoms with Crippen LogP contribution >= 0.6 is 0 Å². The minimum atomic E-state index is 0.194. The van der Waals surface area contributed by atoms with Gasteiger partial charge in [-0.15, -0.1) is 0 Å². The molecule has 0 saturated heterocycles. The van der Waals surface area contributed by atoms with Gasteiger partial charge in [-0.05, 0) is 36.5 Å². The molecule has 0 radical (unpaired) electrons. The quantitative estimate of drug-likeness (QED) is 0.796. The summed E-state index contributed by atoms with van der Waals surface area (Å²) >= 11 is 0. The van der Waals surface area contributed by atoms with Gasteiger partial charge < -0.3 is 5.73 Å². The average Bonchev–Trinajstić information content (AvgIpc) is 2.23. The van der Waals surface area contributed by atoms with Gasteiger partial charge in [0.05, 0.1) is 0 Å². The lowest BCUT2D eigenvalue weighted by Gasteiger charge is -2.22. The lowest BCUT2D eigenvalue weighted by atomic mass is 9.88. The Bertz CT molecular complexity index is 313. The molecule has 15 heavy (non-hydrogen) atoms. The second-order valence-corrected chi connectivity index (χ2v) is 4.45. The molecule has 0 aliphatic rings. The van der Waals surface area contributed by atoms with E-state index in [-0.39, 0.29) is 6.04 Å². The molecule has 0 spiro atoms. The van der Waals surface area contributed by atoms with Crippen molar-refractivity contribution in [2.24, 2.45) is 11.7 Å². The first-order chi connectivity index (χ1) is 7.10. The van der Waals surface area contributed by atoms with E-state index in [4.69, 9.17) is 5.73 Å². The molecule has 1 atom stereocenters. The summed E-state index contributed by atoms with van der Waals surface area (Å²) in [5.41, 5.74) is 10.2. The number of benzene rings is 1. The molecular weight excluding hydrogens is 182 g/mol. The third kappa shape index (κ3) is 2.82. The van der Waals surface area contributed by atoms with Crippen LogP contribution in [0.25, 0.3) is 0 Å². The van der Waals surface area contributed by atoms with Crippen LogP contribution in [0.5, 0.6) is 0 Å². The molecule has 1 heteroatoms. The van der Waals surface area contributed by atoms with Crippen molar-refractivity contribution in [3.05, 3.63) is 34.9 Å². The maximum Gasteiger partial charge on any atom is 0.0323 e. The highest BCUT2D eigenvalue weighted by atomic mass is 14.6. The fourth-order valence-corrected chi connectivity index (χ4v) is 2.04. The summed E-state index contributed by atoms with van der Waals surface area (Å²) in [4.78, 5) is 0. The Labute approximate surface area is 93.7 Å². The molecule has 84 valence electrons. The van der Waals surface area contributed by atoms with Crippen LogP contribution in [0, 0.1) is 19.8 Å². The molecule has 0 aliphatic heterocycles. The Morgan fingerprint density at radius 1 is 1.07 bits per heavy atom. The standard InChI is InChI=1S/C14H23N/c1-5-12(6-2)14(15)13-8-7-10(3)11(4)9-13/h7-9,12,14H,5-6,15H2,1-4H3. The van der Waals surface area contributed by atoms with Gasteiger partial charge in [-0.1, -0.05) is 44.9 Å². The fraction of sp³-hybridized carbons (Fsp3) is 0.571. The van der Waals surface area contributed by atoms with E-state index in [1.165, 1.54) is 16.7 Å². The zero-order valence-electron chi connectivity index (χ0n) is 10.4. The van der Waals surface area contributed by atoms with Gasteiger partial charge in [0.15, 0.2) is 0 Å². The average molecular weight is 205 g/mol. The maximum absolute atomic E-state index is 6.28. The van der Waals surface area contributed by atoms with E-state index in [0.717, 1.165) is 12.8 Å². The van der Waals surface area contributed by atoms with Crippen LogP contribution in [0.15, 0.2) is 18.2 Å². The lowest BCUT2D eigenvalue weighted by Crippen LogP contribution is -2.20. The predicted molar refractivity (Wildman–Crippen MR) is 66.9 cm³/mol. The van der Waals surface area contributed by atoms with Gasteiger partial charge >= 0.3 is 0 Å². The zero-order chi connectivity index (χ0) is 11.4. The van der Waals surface area contributed by atoms with E-state index in [2.05, 4.69) is 45.9 Å². The number of hydrogen-bond acceptors (Lipinski definition) is 1. The summed E-state index contributed by atoms with van der Waals surface area (Å²) in [7, 11) is 0. The first kappa shape index (κ1) is 12.3. The highest BCUT2D eigenvalue weighted by Crippen LogP contribution is 2.26. The molecule has 1 rings (SSSR count). The van der Waals surface area contributed by atoms with Crippen molar-refractivity contribution in [2.75, 3.05) is 0 Å². The molecule has 1 aromatic carbocycles. The third-order valence-electron chi connectivity index (χ3n) is 3.47. The molecule has 1 aromatic rings. The summed E-state index contributed by atoms with van der Waals surface area (Å²) in [6, 6.07) is 6.77. The second kappa shape index (κ2) is 5.32. The predicted octanol–water partition coefficient (Wildman–Crippen LogP) is 3.74. The Morgan fingerprint density at radius 2 is 1.67 bits per heavy atom. The molecule has 2 N–H and O–H groups in total. The van der Waals surface area contributed by atoms with Gasteiger partial charge in [-0.3, -0.25) is 0 Å². The van der Waals surface area contributed by atoms with E-state index in [1.54, 1.807) is 0 Å². The van der Waals surface area contributed by atoms with E-state index in [1.807, 2.05) is 0 Å². The second-order valence-electron chi connectivity index (χ2n) is 4.45. The summed E-state index contributed by atoms with van der Waals surface area (Å²) in [6.45, 7) is 8.73. The van der Waals surface area contributed by atoms with Crippen molar-refractivity contribution in [1.29, 1.82) is 0 Å². The van der Waals surface area contributed by atoms with Gasteiger partial charge in [-0.2, -0.15) is 0 Å². The van der Waals surface area contributed by atoms with Crippen LogP contribution in [0.4, 0.5) is 0 Å². The molecule has 0 heterocycles. The van der Waals surface area contributed by atoms with Crippen molar-refractivity contribution in [3.8, 4) is 0 Å². The SMILES string of the molecule is CCC(CC)C(N)c1ccc(C)c(C)c1. The first-order valence-corrected chi connectivity index (χ1v) is 5.92. The highest BCUT2D eigenvalue weighted by molar-refractivity contribution is 5.31. The van der Waals surface area contributed by atoms with Crippen LogP contribution < -0.4 is 5.73 Å². The minimum absolute atomic E-state index is 0.194. The van der Waals surface area contributed by atoms with Gasteiger partial charge in [0.2, 0.25) is 0 Å². The Morgan fingerprint density at radius 3 is 2.13 bits per heavy atom. The van der Waals surface area contributed by atoms with Crippen molar-refractivity contribution < 1.29 is 0 Å². The molecule has 1 nitrogen and oxygen atoms in total.